The van der Waals surface area contributed by atoms with Crippen molar-refractivity contribution >= 4 is 0 Å². The van der Waals surface area contributed by atoms with E-state index in [9.17, 15) is 0 Å². The van der Waals surface area contributed by atoms with E-state index in [4.69, 9.17) is 9.84 Å². The van der Waals surface area contributed by atoms with Gasteiger partial charge in [0, 0.05) is 6.61 Å². The number of unbranched alkanes of at least 4 members (excludes halogenated alkanes) is 4. The minimum atomic E-state index is 0.111. The Bertz CT molecular complexity index is 111. The zero-order chi connectivity index (χ0) is 9.78. The van der Waals surface area contributed by atoms with Crippen molar-refractivity contribution in [3.05, 3.63) is 12.2 Å². The quantitative estimate of drug-likeness (QED) is 0.443. The summed E-state index contributed by atoms with van der Waals surface area (Å²) in [5.41, 5.74) is 0. The first-order valence-electron chi connectivity index (χ1n) is 5.25. The van der Waals surface area contributed by atoms with E-state index in [0.29, 0.717) is 6.61 Å². The van der Waals surface area contributed by atoms with Crippen LogP contribution in [0, 0.1) is 0 Å². The molecule has 0 rings (SSSR count). The lowest BCUT2D eigenvalue weighted by Gasteiger charge is -2.00. The molecule has 0 aliphatic rings. The van der Waals surface area contributed by atoms with Crippen LogP contribution >= 0.6 is 0 Å². The minimum absolute atomic E-state index is 0.111. The summed E-state index contributed by atoms with van der Waals surface area (Å²) in [5.74, 6) is 0. The SMILES string of the molecule is CCCCCCCOCC=CCO. The van der Waals surface area contributed by atoms with Gasteiger partial charge in [-0.05, 0) is 6.42 Å². The van der Waals surface area contributed by atoms with Gasteiger partial charge in [0.15, 0.2) is 0 Å². The van der Waals surface area contributed by atoms with Gasteiger partial charge in [-0.15, -0.1) is 0 Å². The summed E-state index contributed by atoms with van der Waals surface area (Å²) in [6.07, 6.45) is 9.95. The Morgan fingerprint density at radius 2 is 1.85 bits per heavy atom. The van der Waals surface area contributed by atoms with Crippen molar-refractivity contribution in [3.63, 3.8) is 0 Å². The Balaban J connectivity index is 2.87. The molecule has 0 aromatic carbocycles. The smallest absolute Gasteiger partial charge is 0.0648 e. The lowest BCUT2D eigenvalue weighted by molar-refractivity contribution is 0.156. The number of hydrogen-bond acceptors (Lipinski definition) is 2. The van der Waals surface area contributed by atoms with Gasteiger partial charge >= 0.3 is 0 Å². The Kier molecular flexibility index (Phi) is 11.4. The molecule has 13 heavy (non-hydrogen) atoms. The molecule has 0 heterocycles. The summed E-state index contributed by atoms with van der Waals surface area (Å²) in [7, 11) is 0. The van der Waals surface area contributed by atoms with E-state index >= 15 is 0 Å². The largest absolute Gasteiger partial charge is 0.392 e. The van der Waals surface area contributed by atoms with Gasteiger partial charge in [0.2, 0.25) is 0 Å². The Morgan fingerprint density at radius 3 is 2.54 bits per heavy atom. The predicted molar refractivity (Wildman–Crippen MR) is 55.8 cm³/mol. The van der Waals surface area contributed by atoms with Crippen molar-refractivity contribution in [2.75, 3.05) is 19.8 Å². The van der Waals surface area contributed by atoms with E-state index in [1.165, 1.54) is 25.7 Å². The molecule has 0 aliphatic carbocycles. The Morgan fingerprint density at radius 1 is 1.08 bits per heavy atom. The van der Waals surface area contributed by atoms with E-state index in [1.54, 1.807) is 6.08 Å². The lowest BCUT2D eigenvalue weighted by atomic mass is 10.2. The normalized spacial score (nSPS) is 11.2. The summed E-state index contributed by atoms with van der Waals surface area (Å²) in [6.45, 7) is 3.81. The number of aliphatic hydroxyl groups excluding tert-OH is 1. The highest BCUT2D eigenvalue weighted by Gasteiger charge is 1.88. The van der Waals surface area contributed by atoms with Gasteiger partial charge in [-0.25, -0.2) is 0 Å². The second-order valence-corrected chi connectivity index (χ2v) is 3.14. The number of aliphatic hydroxyl groups is 1. The molecule has 1 N–H and O–H groups in total. The second-order valence-electron chi connectivity index (χ2n) is 3.14. The molecule has 2 nitrogen and oxygen atoms in total. The third-order valence-corrected chi connectivity index (χ3v) is 1.88. The molecular formula is C11H22O2. The van der Waals surface area contributed by atoms with Crippen LogP contribution in [-0.4, -0.2) is 24.9 Å². The van der Waals surface area contributed by atoms with Crippen LogP contribution in [0.4, 0.5) is 0 Å². The summed E-state index contributed by atoms with van der Waals surface area (Å²) in [5, 5.41) is 8.42. The van der Waals surface area contributed by atoms with Crippen molar-refractivity contribution < 1.29 is 9.84 Å². The highest BCUT2D eigenvalue weighted by Crippen LogP contribution is 2.02. The fourth-order valence-electron chi connectivity index (χ4n) is 1.10. The summed E-state index contributed by atoms with van der Waals surface area (Å²) in [4.78, 5) is 0. The standard InChI is InChI=1S/C11H22O2/c1-2-3-4-5-7-10-13-11-8-6-9-12/h6,8,12H,2-5,7,9-11H2,1H3. The van der Waals surface area contributed by atoms with Crippen LogP contribution in [0.25, 0.3) is 0 Å². The molecule has 0 atom stereocenters. The van der Waals surface area contributed by atoms with Gasteiger partial charge in [0.25, 0.3) is 0 Å². The Hall–Kier alpha value is -0.340. The lowest BCUT2D eigenvalue weighted by Crippen LogP contribution is -1.94. The summed E-state index contributed by atoms with van der Waals surface area (Å²) in [6, 6.07) is 0. The summed E-state index contributed by atoms with van der Waals surface area (Å²) < 4.78 is 5.32. The third-order valence-electron chi connectivity index (χ3n) is 1.88. The van der Waals surface area contributed by atoms with Crippen molar-refractivity contribution in [1.29, 1.82) is 0 Å². The van der Waals surface area contributed by atoms with Crippen LogP contribution in [0.5, 0.6) is 0 Å². The van der Waals surface area contributed by atoms with Crippen molar-refractivity contribution in [3.8, 4) is 0 Å². The average molecular weight is 186 g/mol. The highest BCUT2D eigenvalue weighted by atomic mass is 16.5. The first-order chi connectivity index (χ1) is 6.41. The average Bonchev–Trinajstić information content (AvgIpc) is 2.16. The predicted octanol–water partition coefficient (Wildman–Crippen LogP) is 2.52. The van der Waals surface area contributed by atoms with Gasteiger partial charge in [-0.1, -0.05) is 44.8 Å². The van der Waals surface area contributed by atoms with E-state index in [0.717, 1.165) is 13.0 Å². The molecule has 0 spiro atoms. The molecular weight excluding hydrogens is 164 g/mol. The number of ether oxygens (including phenoxy) is 1. The number of hydrogen-bond donors (Lipinski definition) is 1. The molecule has 0 unspecified atom stereocenters. The van der Waals surface area contributed by atoms with Gasteiger partial charge < -0.3 is 9.84 Å². The topological polar surface area (TPSA) is 29.5 Å². The molecule has 0 aliphatic heterocycles. The van der Waals surface area contributed by atoms with Gasteiger partial charge in [-0.2, -0.15) is 0 Å². The van der Waals surface area contributed by atoms with Crippen molar-refractivity contribution in [1.82, 2.24) is 0 Å². The maximum absolute atomic E-state index is 8.42. The van der Waals surface area contributed by atoms with Crippen LogP contribution in [-0.2, 0) is 4.74 Å². The second kappa shape index (κ2) is 11.7. The molecule has 0 fully saturated rings. The first-order valence-corrected chi connectivity index (χ1v) is 5.25. The van der Waals surface area contributed by atoms with Gasteiger partial charge in [0.05, 0.1) is 13.2 Å². The zero-order valence-electron chi connectivity index (χ0n) is 8.67. The monoisotopic (exact) mass is 186 g/mol. The fraction of sp³-hybridized carbons (Fsp3) is 0.818. The van der Waals surface area contributed by atoms with Crippen LogP contribution in [0.2, 0.25) is 0 Å². The number of rotatable bonds is 9. The molecule has 0 radical (unpaired) electrons. The molecule has 0 saturated heterocycles. The van der Waals surface area contributed by atoms with E-state index < -0.39 is 0 Å². The fourth-order valence-corrected chi connectivity index (χ4v) is 1.10. The molecule has 0 bridgehead atoms. The van der Waals surface area contributed by atoms with E-state index in [-0.39, 0.29) is 6.61 Å². The molecule has 0 aromatic heterocycles. The van der Waals surface area contributed by atoms with E-state index in [2.05, 4.69) is 6.92 Å². The maximum Gasteiger partial charge on any atom is 0.0648 e. The highest BCUT2D eigenvalue weighted by molar-refractivity contribution is 4.80. The molecule has 0 saturated carbocycles. The minimum Gasteiger partial charge on any atom is -0.392 e. The van der Waals surface area contributed by atoms with Gasteiger partial charge in [0.1, 0.15) is 0 Å². The van der Waals surface area contributed by atoms with Crippen LogP contribution in [0.3, 0.4) is 0 Å². The van der Waals surface area contributed by atoms with Gasteiger partial charge in [-0.3, -0.25) is 0 Å². The van der Waals surface area contributed by atoms with Crippen molar-refractivity contribution in [2.45, 2.75) is 39.0 Å². The van der Waals surface area contributed by atoms with Crippen LogP contribution < -0.4 is 0 Å². The Labute approximate surface area is 81.6 Å². The summed E-state index contributed by atoms with van der Waals surface area (Å²) >= 11 is 0. The van der Waals surface area contributed by atoms with Crippen LogP contribution in [0.15, 0.2) is 12.2 Å². The third kappa shape index (κ3) is 11.7. The zero-order valence-corrected chi connectivity index (χ0v) is 8.67. The molecule has 78 valence electrons. The molecule has 2 heteroatoms. The molecule has 0 aromatic rings. The molecule has 0 amide bonds. The first kappa shape index (κ1) is 12.7. The van der Waals surface area contributed by atoms with E-state index in [1.807, 2.05) is 6.08 Å². The maximum atomic E-state index is 8.42. The van der Waals surface area contributed by atoms with Crippen LogP contribution in [0.1, 0.15) is 39.0 Å². The van der Waals surface area contributed by atoms with Crippen molar-refractivity contribution in [2.24, 2.45) is 0 Å².